The largest absolute Gasteiger partial charge is 0.354 e. The predicted molar refractivity (Wildman–Crippen MR) is 107 cm³/mol. The molecule has 0 radical (unpaired) electrons. The lowest BCUT2D eigenvalue weighted by Crippen LogP contribution is -2.46. The molecule has 1 heterocycles. The first-order valence-corrected chi connectivity index (χ1v) is 9.74. The van der Waals surface area contributed by atoms with E-state index < -0.39 is 11.5 Å². The van der Waals surface area contributed by atoms with Gasteiger partial charge in [0.2, 0.25) is 11.8 Å². The molecule has 2 rings (SSSR count). The SMILES string of the molecule is CCCCNC(=O)[C@@H]1CCCN1C(=O)c1ccc(NC(=O)C(C)(C)C)cc1. The minimum atomic E-state index is -0.484. The van der Waals surface area contributed by atoms with Gasteiger partial charge in [-0.3, -0.25) is 14.4 Å². The van der Waals surface area contributed by atoms with Crippen molar-refractivity contribution in [2.45, 2.75) is 59.4 Å². The molecule has 1 atom stereocenters. The van der Waals surface area contributed by atoms with Gasteiger partial charge in [-0.15, -0.1) is 0 Å². The van der Waals surface area contributed by atoms with Crippen LogP contribution >= 0.6 is 0 Å². The van der Waals surface area contributed by atoms with Gasteiger partial charge in [-0.25, -0.2) is 0 Å². The molecule has 0 unspecified atom stereocenters. The molecular weight excluding hydrogens is 342 g/mol. The molecule has 1 saturated heterocycles. The van der Waals surface area contributed by atoms with Crippen LogP contribution in [0.25, 0.3) is 0 Å². The highest BCUT2D eigenvalue weighted by molar-refractivity contribution is 5.99. The number of unbranched alkanes of at least 4 members (excludes halogenated alkanes) is 1. The number of likely N-dealkylation sites (tertiary alicyclic amines) is 1. The summed E-state index contributed by atoms with van der Waals surface area (Å²) in [5.41, 5.74) is 0.696. The van der Waals surface area contributed by atoms with Crippen molar-refractivity contribution in [3.63, 3.8) is 0 Å². The fourth-order valence-electron chi connectivity index (χ4n) is 2.97. The monoisotopic (exact) mass is 373 g/mol. The van der Waals surface area contributed by atoms with Crippen molar-refractivity contribution in [3.05, 3.63) is 29.8 Å². The van der Waals surface area contributed by atoms with Gasteiger partial charge in [-0.2, -0.15) is 0 Å². The number of nitrogens with one attached hydrogen (secondary N) is 2. The summed E-state index contributed by atoms with van der Waals surface area (Å²) in [5, 5.41) is 5.77. The Balaban J connectivity index is 2.01. The maximum absolute atomic E-state index is 12.8. The number of amides is 3. The van der Waals surface area contributed by atoms with E-state index in [0.717, 1.165) is 19.3 Å². The standard InChI is InChI=1S/C21H31N3O3/c1-5-6-13-22-18(25)17-8-7-14-24(17)19(26)15-9-11-16(12-10-15)23-20(27)21(2,3)4/h9-12,17H,5-8,13-14H2,1-4H3,(H,22,25)(H,23,27)/t17-/m0/s1. The van der Waals surface area contributed by atoms with E-state index in [1.54, 1.807) is 29.2 Å². The van der Waals surface area contributed by atoms with Crippen molar-refractivity contribution in [1.29, 1.82) is 0 Å². The molecule has 0 bridgehead atoms. The molecular formula is C21H31N3O3. The van der Waals surface area contributed by atoms with Gasteiger partial charge in [0, 0.05) is 29.8 Å². The Kier molecular flexibility index (Phi) is 6.99. The Morgan fingerprint density at radius 1 is 1.15 bits per heavy atom. The van der Waals surface area contributed by atoms with Gasteiger partial charge in [0.25, 0.3) is 5.91 Å². The smallest absolute Gasteiger partial charge is 0.254 e. The Labute approximate surface area is 161 Å². The van der Waals surface area contributed by atoms with Crippen molar-refractivity contribution < 1.29 is 14.4 Å². The topological polar surface area (TPSA) is 78.5 Å². The summed E-state index contributed by atoms with van der Waals surface area (Å²) in [7, 11) is 0. The van der Waals surface area contributed by atoms with E-state index >= 15 is 0 Å². The van der Waals surface area contributed by atoms with Crippen LogP contribution in [0.3, 0.4) is 0 Å². The normalized spacial score (nSPS) is 16.9. The van der Waals surface area contributed by atoms with E-state index in [1.807, 2.05) is 20.8 Å². The van der Waals surface area contributed by atoms with Crippen LogP contribution in [0.1, 0.15) is 63.7 Å². The minimum Gasteiger partial charge on any atom is -0.354 e. The number of carbonyl (C=O) groups is 3. The van der Waals surface area contributed by atoms with Gasteiger partial charge in [0.15, 0.2) is 0 Å². The van der Waals surface area contributed by atoms with E-state index in [0.29, 0.717) is 30.8 Å². The average molecular weight is 373 g/mol. The molecule has 3 amide bonds. The molecule has 1 aromatic carbocycles. The van der Waals surface area contributed by atoms with Crippen molar-refractivity contribution in [1.82, 2.24) is 10.2 Å². The van der Waals surface area contributed by atoms with Crippen molar-refractivity contribution >= 4 is 23.4 Å². The van der Waals surface area contributed by atoms with Crippen LogP contribution in [0, 0.1) is 5.41 Å². The summed E-state index contributed by atoms with van der Waals surface area (Å²) in [5.74, 6) is -0.287. The second kappa shape index (κ2) is 9.02. The predicted octanol–water partition coefficient (Wildman–Crippen LogP) is 3.19. The van der Waals surface area contributed by atoms with Crippen molar-refractivity contribution in [3.8, 4) is 0 Å². The van der Waals surface area contributed by atoms with Crippen LogP contribution in [0.15, 0.2) is 24.3 Å². The number of carbonyl (C=O) groups excluding carboxylic acids is 3. The molecule has 6 nitrogen and oxygen atoms in total. The summed E-state index contributed by atoms with van der Waals surface area (Å²) in [4.78, 5) is 38.9. The molecule has 27 heavy (non-hydrogen) atoms. The van der Waals surface area contributed by atoms with Crippen LogP contribution in [-0.4, -0.2) is 41.8 Å². The third-order valence-corrected chi connectivity index (χ3v) is 4.72. The maximum atomic E-state index is 12.8. The highest BCUT2D eigenvalue weighted by Crippen LogP contribution is 2.22. The Bertz CT molecular complexity index is 677. The van der Waals surface area contributed by atoms with Crippen LogP contribution < -0.4 is 10.6 Å². The van der Waals surface area contributed by atoms with E-state index in [1.165, 1.54) is 0 Å². The molecule has 1 aliphatic heterocycles. The molecule has 0 aromatic heterocycles. The van der Waals surface area contributed by atoms with Crippen LogP contribution in [0.4, 0.5) is 5.69 Å². The number of rotatable bonds is 6. The second-order valence-corrected chi connectivity index (χ2v) is 8.08. The molecule has 2 N–H and O–H groups in total. The Morgan fingerprint density at radius 2 is 1.81 bits per heavy atom. The quantitative estimate of drug-likeness (QED) is 0.752. The number of anilines is 1. The number of hydrogen-bond donors (Lipinski definition) is 2. The van der Waals surface area contributed by atoms with Gasteiger partial charge in [-0.1, -0.05) is 34.1 Å². The summed E-state index contributed by atoms with van der Waals surface area (Å²) in [6, 6.07) is 6.46. The summed E-state index contributed by atoms with van der Waals surface area (Å²) in [6.45, 7) is 8.85. The lowest BCUT2D eigenvalue weighted by atomic mass is 9.95. The van der Waals surface area contributed by atoms with Gasteiger partial charge >= 0.3 is 0 Å². The fraction of sp³-hybridized carbons (Fsp3) is 0.571. The summed E-state index contributed by atoms with van der Waals surface area (Å²) < 4.78 is 0. The van der Waals surface area contributed by atoms with Gasteiger partial charge in [-0.05, 0) is 43.5 Å². The minimum absolute atomic E-state index is 0.0663. The molecule has 6 heteroatoms. The molecule has 1 aliphatic rings. The maximum Gasteiger partial charge on any atom is 0.254 e. The van der Waals surface area contributed by atoms with Crippen LogP contribution in [-0.2, 0) is 9.59 Å². The number of hydrogen-bond acceptors (Lipinski definition) is 3. The van der Waals surface area contributed by atoms with Gasteiger partial charge < -0.3 is 15.5 Å². The lowest BCUT2D eigenvalue weighted by molar-refractivity contribution is -0.125. The molecule has 0 saturated carbocycles. The first kappa shape index (κ1) is 20.9. The summed E-state index contributed by atoms with van der Waals surface area (Å²) in [6.07, 6.45) is 3.49. The van der Waals surface area contributed by atoms with E-state index in [2.05, 4.69) is 17.6 Å². The number of nitrogens with zero attached hydrogens (tertiary/aromatic N) is 1. The van der Waals surface area contributed by atoms with Gasteiger partial charge in [0.1, 0.15) is 6.04 Å². The van der Waals surface area contributed by atoms with E-state index in [9.17, 15) is 14.4 Å². The summed E-state index contributed by atoms with van der Waals surface area (Å²) >= 11 is 0. The van der Waals surface area contributed by atoms with E-state index in [-0.39, 0.29) is 17.7 Å². The fourth-order valence-corrected chi connectivity index (χ4v) is 2.97. The molecule has 1 aromatic rings. The Hall–Kier alpha value is -2.37. The Morgan fingerprint density at radius 3 is 2.41 bits per heavy atom. The molecule has 148 valence electrons. The zero-order valence-corrected chi connectivity index (χ0v) is 16.8. The lowest BCUT2D eigenvalue weighted by Gasteiger charge is -2.24. The molecule has 1 fully saturated rings. The first-order valence-electron chi connectivity index (χ1n) is 9.74. The second-order valence-electron chi connectivity index (χ2n) is 8.08. The van der Waals surface area contributed by atoms with Crippen LogP contribution in [0.5, 0.6) is 0 Å². The van der Waals surface area contributed by atoms with Crippen LogP contribution in [0.2, 0.25) is 0 Å². The third-order valence-electron chi connectivity index (χ3n) is 4.72. The van der Waals surface area contributed by atoms with Crippen molar-refractivity contribution in [2.24, 2.45) is 5.41 Å². The van der Waals surface area contributed by atoms with E-state index in [4.69, 9.17) is 0 Å². The highest BCUT2D eigenvalue weighted by Gasteiger charge is 2.34. The zero-order chi connectivity index (χ0) is 20.0. The van der Waals surface area contributed by atoms with Gasteiger partial charge in [0.05, 0.1) is 0 Å². The zero-order valence-electron chi connectivity index (χ0n) is 16.8. The first-order chi connectivity index (χ1) is 12.7. The highest BCUT2D eigenvalue weighted by atomic mass is 16.2. The molecule has 0 aliphatic carbocycles. The number of benzene rings is 1. The average Bonchev–Trinajstić information content (AvgIpc) is 3.11. The molecule has 0 spiro atoms. The van der Waals surface area contributed by atoms with Crippen molar-refractivity contribution in [2.75, 3.05) is 18.4 Å². The third kappa shape index (κ3) is 5.55.